The molecule has 0 bridgehead atoms. The van der Waals surface area contributed by atoms with Crippen LogP contribution in [0.25, 0.3) is 16.0 Å². The largest absolute Gasteiger partial charge is 0.399 e. The van der Waals surface area contributed by atoms with Crippen LogP contribution < -0.4 is 42.0 Å². The first kappa shape index (κ1) is 39.1. The summed E-state index contributed by atoms with van der Waals surface area (Å²) >= 11 is 0. The van der Waals surface area contributed by atoms with Crippen LogP contribution in [0.1, 0.15) is 29.0 Å². The average molecular weight is 808 g/mol. The molecule has 0 aromatic heterocycles. The molecule has 2 N–H and O–H groups in total. The van der Waals surface area contributed by atoms with E-state index in [0.29, 0.717) is 0 Å². The van der Waals surface area contributed by atoms with Crippen molar-refractivity contribution in [3.05, 3.63) is 187 Å². The van der Waals surface area contributed by atoms with Crippen LogP contribution in [-0.2, 0) is 0 Å². The Morgan fingerprint density at radius 3 is 1.51 bits per heavy atom. The highest BCUT2D eigenvalue weighted by Gasteiger charge is 2.38. The molecular formula is C52H57NSi4. The van der Waals surface area contributed by atoms with Crippen LogP contribution in [-0.4, -0.2) is 32.3 Å². The molecule has 0 unspecified atom stereocenters. The van der Waals surface area contributed by atoms with Crippen molar-refractivity contribution in [2.75, 3.05) is 5.73 Å². The molecule has 1 nitrogen and oxygen atoms in total. The van der Waals surface area contributed by atoms with Crippen LogP contribution in [0.5, 0.6) is 0 Å². The molecular weight excluding hydrogens is 751 g/mol. The van der Waals surface area contributed by atoms with Gasteiger partial charge >= 0.3 is 0 Å². The molecule has 0 amide bonds. The van der Waals surface area contributed by atoms with Gasteiger partial charge in [-0.05, 0) is 50.3 Å². The number of para-hydroxylation sites is 1. The van der Waals surface area contributed by atoms with E-state index in [1.165, 1.54) is 63.8 Å². The highest BCUT2D eigenvalue weighted by molar-refractivity contribution is 7.05. The number of hydrogen-bond acceptors (Lipinski definition) is 1. The van der Waals surface area contributed by atoms with E-state index in [-0.39, 0.29) is 5.92 Å². The van der Waals surface area contributed by atoms with Crippen LogP contribution in [0.15, 0.2) is 170 Å². The third-order valence-electron chi connectivity index (χ3n) is 13.6. The number of hydrogen-bond donors (Lipinski definition) is 1. The van der Waals surface area contributed by atoms with Gasteiger partial charge in [-0.3, -0.25) is 0 Å². The number of benzene rings is 7. The number of anilines is 1. The minimum atomic E-state index is -2.11. The summed E-state index contributed by atoms with van der Waals surface area (Å²) < 4.78 is 0. The van der Waals surface area contributed by atoms with E-state index in [2.05, 4.69) is 222 Å². The second-order valence-corrected chi connectivity index (χ2v) is 35.9. The quantitative estimate of drug-likeness (QED) is 0.115. The van der Waals surface area contributed by atoms with Crippen molar-refractivity contribution < 1.29 is 0 Å². The van der Waals surface area contributed by atoms with Gasteiger partial charge in [0.05, 0.1) is 0 Å². The standard InChI is InChI=1S/C52H57NSi4/c1-54(2,38-20-12-9-13-21-38)41-28-30-45-43(32-34-50(47(45)36-41)55(3,4)39-22-14-10-15-23-39)44-33-35-51(56(5,6)40-24-16-11-17-25-40)48-37-42(29-31-46(44)48)57(7,8)52-27-19-18-26-49(52)53/h9-32,34-37,44H,33,53H2,1-8H3/t44-/m1/s1. The van der Waals surface area contributed by atoms with Gasteiger partial charge in [0.25, 0.3) is 0 Å². The molecule has 0 aliphatic heterocycles. The van der Waals surface area contributed by atoms with Gasteiger partial charge in [0, 0.05) is 11.6 Å². The molecule has 286 valence electrons. The fourth-order valence-corrected chi connectivity index (χ4v) is 20.3. The third kappa shape index (κ3) is 6.88. The monoisotopic (exact) mass is 807 g/mol. The lowest BCUT2D eigenvalue weighted by atomic mass is 9.80. The van der Waals surface area contributed by atoms with Gasteiger partial charge in [-0.15, -0.1) is 0 Å². The number of fused-ring (bicyclic) bond motifs is 2. The summed E-state index contributed by atoms with van der Waals surface area (Å²) in [5, 5.41) is 14.6. The zero-order chi connectivity index (χ0) is 40.2. The molecule has 7 aromatic carbocycles. The Morgan fingerprint density at radius 1 is 0.404 bits per heavy atom. The summed E-state index contributed by atoms with van der Waals surface area (Å²) in [6.07, 6.45) is 3.64. The van der Waals surface area contributed by atoms with E-state index in [4.69, 9.17) is 5.73 Å². The molecule has 0 heterocycles. The van der Waals surface area contributed by atoms with Gasteiger partial charge in [-0.2, -0.15) is 0 Å². The van der Waals surface area contributed by atoms with Crippen molar-refractivity contribution >= 4 is 90.3 Å². The maximum Gasteiger partial charge on any atom is 0.114 e. The van der Waals surface area contributed by atoms with Crippen LogP contribution in [0, 0.1) is 0 Å². The van der Waals surface area contributed by atoms with Gasteiger partial charge in [0.1, 0.15) is 32.3 Å². The molecule has 0 saturated heterocycles. The van der Waals surface area contributed by atoms with Crippen molar-refractivity contribution in [3.8, 4) is 0 Å². The molecule has 0 saturated carbocycles. The van der Waals surface area contributed by atoms with Gasteiger partial charge in [-0.25, -0.2) is 0 Å². The smallest absolute Gasteiger partial charge is 0.114 e. The van der Waals surface area contributed by atoms with E-state index in [1.54, 1.807) is 5.20 Å². The average Bonchev–Trinajstić information content (AvgIpc) is 3.23. The fourth-order valence-electron chi connectivity index (χ4n) is 9.71. The lowest BCUT2D eigenvalue weighted by Gasteiger charge is -2.36. The van der Waals surface area contributed by atoms with E-state index in [1.807, 2.05) is 0 Å². The van der Waals surface area contributed by atoms with Gasteiger partial charge in [0.2, 0.25) is 0 Å². The van der Waals surface area contributed by atoms with Gasteiger partial charge < -0.3 is 5.73 Å². The van der Waals surface area contributed by atoms with Crippen molar-refractivity contribution in [1.29, 1.82) is 0 Å². The highest BCUT2D eigenvalue weighted by atomic mass is 28.3. The lowest BCUT2D eigenvalue weighted by Crippen LogP contribution is -2.54. The molecule has 0 fully saturated rings. The fraction of sp³-hybridized carbons (Fsp3) is 0.192. The van der Waals surface area contributed by atoms with Crippen molar-refractivity contribution in [3.63, 3.8) is 0 Å². The molecule has 1 aliphatic rings. The van der Waals surface area contributed by atoms with Crippen LogP contribution >= 0.6 is 0 Å². The maximum atomic E-state index is 6.69. The van der Waals surface area contributed by atoms with Crippen molar-refractivity contribution in [1.82, 2.24) is 0 Å². The van der Waals surface area contributed by atoms with E-state index >= 15 is 0 Å². The Morgan fingerprint density at radius 2 is 0.895 bits per heavy atom. The van der Waals surface area contributed by atoms with Crippen molar-refractivity contribution in [2.45, 2.75) is 64.7 Å². The molecule has 0 radical (unpaired) electrons. The Hall–Kier alpha value is -4.79. The number of allylic oxidation sites excluding steroid dienone is 1. The van der Waals surface area contributed by atoms with Crippen molar-refractivity contribution in [2.24, 2.45) is 0 Å². The molecule has 1 aliphatic carbocycles. The molecule has 7 aromatic rings. The zero-order valence-electron chi connectivity index (χ0n) is 35.0. The summed E-state index contributed by atoms with van der Waals surface area (Å²) in [6.45, 7) is 20.1. The minimum Gasteiger partial charge on any atom is -0.399 e. The SMILES string of the molecule is C[Si](C)(C1=CC[C@H](c2ccc([Si](C)(C)c3ccccc3)c3cc([Si](C)(C)c4ccccc4)ccc23)c2ccc([Si](C)(C)c3ccccc3N)cc21)c1ccccc1. The number of nitrogen functional groups attached to an aromatic ring is 1. The second-order valence-electron chi connectivity index (χ2n) is 18.4. The van der Waals surface area contributed by atoms with Gasteiger partial charge in [0.15, 0.2) is 0 Å². The number of rotatable bonds is 9. The number of nitrogens with two attached hydrogens (primary N) is 1. The minimum absolute atomic E-state index is 0.258. The topological polar surface area (TPSA) is 26.0 Å². The molecule has 0 spiro atoms. The maximum absolute atomic E-state index is 6.69. The first-order chi connectivity index (χ1) is 27.2. The Kier molecular flexibility index (Phi) is 10.2. The molecule has 1 atom stereocenters. The summed E-state index contributed by atoms with van der Waals surface area (Å²) in [7, 11) is -8.19. The van der Waals surface area contributed by atoms with E-state index in [0.717, 1.165) is 12.1 Å². The van der Waals surface area contributed by atoms with Gasteiger partial charge in [-0.1, -0.05) is 247 Å². The summed E-state index contributed by atoms with van der Waals surface area (Å²) in [5.74, 6) is 0.258. The lowest BCUT2D eigenvalue weighted by molar-refractivity contribution is 0.825. The zero-order valence-corrected chi connectivity index (χ0v) is 39.0. The summed E-state index contributed by atoms with van der Waals surface area (Å²) in [5.41, 5.74) is 12.0. The third-order valence-corrected chi connectivity index (χ3v) is 27.9. The predicted octanol–water partition coefficient (Wildman–Crippen LogP) is 8.96. The van der Waals surface area contributed by atoms with Crippen LogP contribution in [0.3, 0.4) is 0 Å². The molecule has 57 heavy (non-hydrogen) atoms. The Bertz CT molecular complexity index is 2610. The predicted molar refractivity (Wildman–Crippen MR) is 262 cm³/mol. The highest BCUT2D eigenvalue weighted by Crippen LogP contribution is 2.43. The normalized spacial score (nSPS) is 14.9. The van der Waals surface area contributed by atoms with E-state index < -0.39 is 32.3 Å². The van der Waals surface area contributed by atoms with Crippen LogP contribution in [0.2, 0.25) is 52.4 Å². The van der Waals surface area contributed by atoms with E-state index in [9.17, 15) is 0 Å². The molecule has 8 rings (SSSR count). The first-order valence-corrected chi connectivity index (χ1v) is 32.7. The Balaban J connectivity index is 1.34. The Labute approximate surface area is 345 Å². The van der Waals surface area contributed by atoms with Crippen LogP contribution in [0.4, 0.5) is 5.69 Å². The molecule has 5 heteroatoms. The summed E-state index contributed by atoms with van der Waals surface area (Å²) in [4.78, 5) is 0. The first-order valence-electron chi connectivity index (χ1n) is 20.7. The second kappa shape index (κ2) is 14.9. The summed E-state index contributed by atoms with van der Waals surface area (Å²) in [6, 6.07) is 62.5.